The number of likely N-dealkylation sites (N-methyl/N-ethyl adjacent to an activating group) is 1. The molecule has 6 aliphatic rings. The fraction of sp³-hybridized carbons (Fsp3) is 0.941. The van der Waals surface area contributed by atoms with Gasteiger partial charge in [-0.2, -0.15) is 0 Å². The van der Waals surface area contributed by atoms with E-state index in [0.717, 1.165) is 56.6 Å². The number of esters is 2. The highest BCUT2D eigenvalue weighted by molar-refractivity contribution is 5.66. The van der Waals surface area contributed by atoms with Crippen LogP contribution in [0.15, 0.2) is 0 Å². The summed E-state index contributed by atoms with van der Waals surface area (Å²) < 4.78 is 19.3. The van der Waals surface area contributed by atoms with Crippen molar-refractivity contribution >= 4 is 11.9 Å². The molecule has 42 heavy (non-hydrogen) atoms. The number of ether oxygens (including phenoxy) is 3. The Morgan fingerprint density at radius 1 is 0.905 bits per heavy atom. The van der Waals surface area contributed by atoms with E-state index in [0.29, 0.717) is 29.7 Å². The molecule has 7 nitrogen and oxygen atoms in total. The molecule has 0 bridgehead atoms. The van der Waals surface area contributed by atoms with Gasteiger partial charge in [-0.25, -0.2) is 0 Å². The second kappa shape index (κ2) is 12.6. The molecule has 0 N–H and O–H groups in total. The Morgan fingerprint density at radius 2 is 1.60 bits per heavy atom. The lowest BCUT2D eigenvalue weighted by Crippen LogP contribution is -3.00. The number of nitrogens with zero attached hydrogens (tertiary/aromatic N) is 2. The molecule has 0 spiro atoms. The molecular formula is C34H57BrN2O5. The third-order valence-corrected chi connectivity index (χ3v) is 13.8. The summed E-state index contributed by atoms with van der Waals surface area (Å²) in [5.41, 5.74) is 0.318. The van der Waals surface area contributed by atoms with Gasteiger partial charge in [0.2, 0.25) is 0 Å². The standard InChI is InChI=1S/C34H57N2O5.BrH/c1-6-36(16-8-7-9-17-36)30-21-28-26-11-10-25-20-31(40-23(2)37)29(35-14-18-39-19-15-35)22-34(25,5)27(26)12-13-33(28,4)32(30)41-24(3)38;/h25-32H,6-22H2,1-5H3;1H/q+1;/p-1/t25-,26+,27-,28-,29-,30-,31-,32-,33-,34-;/m0./s1. The van der Waals surface area contributed by atoms with Gasteiger partial charge in [0.1, 0.15) is 12.1 Å². The zero-order valence-electron chi connectivity index (χ0n) is 27.0. The van der Waals surface area contributed by atoms with Crippen LogP contribution in [0.3, 0.4) is 0 Å². The van der Waals surface area contributed by atoms with Gasteiger partial charge >= 0.3 is 11.9 Å². The van der Waals surface area contributed by atoms with Crippen LogP contribution in [0.2, 0.25) is 0 Å². The van der Waals surface area contributed by atoms with Crippen molar-refractivity contribution in [2.24, 2.45) is 34.5 Å². The van der Waals surface area contributed by atoms with Crippen LogP contribution in [0, 0.1) is 34.5 Å². The number of likely N-dealkylation sites (tertiary alicyclic amines) is 1. The summed E-state index contributed by atoms with van der Waals surface area (Å²) in [4.78, 5) is 27.3. The first-order valence-corrected chi connectivity index (χ1v) is 17.1. The molecule has 2 saturated heterocycles. The fourth-order valence-corrected chi connectivity index (χ4v) is 11.8. The number of morpholine rings is 1. The first-order valence-electron chi connectivity index (χ1n) is 17.1. The van der Waals surface area contributed by atoms with Gasteiger partial charge in [0.25, 0.3) is 0 Å². The van der Waals surface area contributed by atoms with Gasteiger partial charge < -0.3 is 35.7 Å². The van der Waals surface area contributed by atoms with Crippen molar-refractivity contribution < 1.29 is 45.3 Å². The van der Waals surface area contributed by atoms with E-state index in [-0.39, 0.29) is 58.0 Å². The maximum Gasteiger partial charge on any atom is 0.303 e. The molecular weight excluding hydrogens is 596 g/mol. The molecule has 0 aromatic rings. The Kier molecular flexibility index (Phi) is 9.80. The number of carbonyl (C=O) groups is 2. The number of quaternary nitrogens is 1. The summed E-state index contributed by atoms with van der Waals surface area (Å²) in [5.74, 6) is 2.36. The van der Waals surface area contributed by atoms with Crippen LogP contribution in [0.4, 0.5) is 0 Å². The smallest absolute Gasteiger partial charge is 0.303 e. The minimum absolute atomic E-state index is 0. The summed E-state index contributed by atoms with van der Waals surface area (Å²) >= 11 is 0. The highest BCUT2D eigenvalue weighted by Gasteiger charge is 2.67. The highest BCUT2D eigenvalue weighted by Crippen LogP contribution is 2.67. The van der Waals surface area contributed by atoms with Crippen molar-refractivity contribution in [1.82, 2.24) is 4.90 Å². The molecule has 4 aliphatic carbocycles. The van der Waals surface area contributed by atoms with Gasteiger partial charge in [-0.15, -0.1) is 0 Å². The largest absolute Gasteiger partial charge is 1.00 e. The number of fused-ring (bicyclic) bond motifs is 5. The van der Waals surface area contributed by atoms with Gasteiger partial charge in [-0.1, -0.05) is 13.8 Å². The monoisotopic (exact) mass is 652 g/mol. The number of hydrogen-bond donors (Lipinski definition) is 0. The average Bonchev–Trinajstić information content (AvgIpc) is 3.25. The van der Waals surface area contributed by atoms with Crippen LogP contribution in [-0.2, 0) is 23.8 Å². The molecule has 240 valence electrons. The van der Waals surface area contributed by atoms with Crippen LogP contribution in [0.5, 0.6) is 0 Å². The van der Waals surface area contributed by atoms with E-state index >= 15 is 0 Å². The Hall–Kier alpha value is -0.700. The van der Waals surface area contributed by atoms with E-state index in [1.165, 1.54) is 58.0 Å². The zero-order chi connectivity index (χ0) is 29.0. The minimum atomic E-state index is -0.141. The second-order valence-electron chi connectivity index (χ2n) is 15.4. The fourth-order valence-electron chi connectivity index (χ4n) is 11.8. The van der Waals surface area contributed by atoms with E-state index < -0.39 is 0 Å². The molecule has 0 amide bonds. The Morgan fingerprint density at radius 3 is 2.24 bits per heavy atom. The molecule has 0 aromatic carbocycles. The van der Waals surface area contributed by atoms with Crippen LogP contribution in [0.1, 0.15) is 98.8 Å². The predicted octanol–water partition coefficient (Wildman–Crippen LogP) is 2.21. The zero-order valence-corrected chi connectivity index (χ0v) is 28.5. The third-order valence-electron chi connectivity index (χ3n) is 13.8. The van der Waals surface area contributed by atoms with Crippen LogP contribution >= 0.6 is 0 Å². The minimum Gasteiger partial charge on any atom is -1.00 e. The van der Waals surface area contributed by atoms with Crippen molar-refractivity contribution in [3.8, 4) is 0 Å². The van der Waals surface area contributed by atoms with E-state index in [1.54, 1.807) is 13.8 Å². The van der Waals surface area contributed by atoms with Crippen LogP contribution in [-0.4, -0.2) is 91.6 Å². The van der Waals surface area contributed by atoms with Gasteiger partial charge in [-0.05, 0) is 93.8 Å². The summed E-state index contributed by atoms with van der Waals surface area (Å²) in [6, 6.07) is 0.716. The summed E-state index contributed by atoms with van der Waals surface area (Å²) in [7, 11) is 0. The topological polar surface area (TPSA) is 65.1 Å². The van der Waals surface area contributed by atoms with Crippen molar-refractivity contribution in [3.05, 3.63) is 0 Å². The Balaban J connectivity index is 0.00000353. The molecule has 0 aromatic heterocycles. The average molecular weight is 654 g/mol. The second-order valence-corrected chi connectivity index (χ2v) is 15.4. The molecule has 8 heteroatoms. The van der Waals surface area contributed by atoms with Crippen molar-refractivity contribution in [1.29, 1.82) is 0 Å². The van der Waals surface area contributed by atoms with Crippen molar-refractivity contribution in [3.63, 3.8) is 0 Å². The number of halogens is 1. The number of hydrogen-bond acceptors (Lipinski definition) is 6. The van der Waals surface area contributed by atoms with Gasteiger partial charge in [0.15, 0.2) is 6.10 Å². The van der Waals surface area contributed by atoms with Gasteiger partial charge in [0, 0.05) is 44.8 Å². The van der Waals surface area contributed by atoms with Gasteiger partial charge in [0.05, 0.1) is 32.8 Å². The van der Waals surface area contributed by atoms with E-state index in [4.69, 9.17) is 14.2 Å². The molecule has 0 unspecified atom stereocenters. The highest BCUT2D eigenvalue weighted by atomic mass is 79.9. The number of rotatable bonds is 5. The van der Waals surface area contributed by atoms with Crippen LogP contribution in [0.25, 0.3) is 0 Å². The van der Waals surface area contributed by atoms with Crippen LogP contribution < -0.4 is 17.0 Å². The summed E-state index contributed by atoms with van der Waals surface area (Å²) in [6.07, 6.45) is 12.2. The molecule has 6 rings (SSSR count). The predicted molar refractivity (Wildman–Crippen MR) is 158 cm³/mol. The molecule has 6 fully saturated rings. The Bertz CT molecular complexity index is 983. The quantitative estimate of drug-likeness (QED) is 0.335. The molecule has 2 heterocycles. The number of piperidine rings is 1. The summed E-state index contributed by atoms with van der Waals surface area (Å²) in [6.45, 7) is 17.7. The first-order chi connectivity index (χ1) is 19.6. The van der Waals surface area contributed by atoms with E-state index in [2.05, 4.69) is 25.7 Å². The van der Waals surface area contributed by atoms with Crippen molar-refractivity contribution in [2.45, 2.75) is 123 Å². The lowest BCUT2D eigenvalue weighted by molar-refractivity contribution is -0.956. The SMILES string of the molecule is CC[N+]1([C@H]2C[C@H]3[C@@H]4CC[C@H]5C[C@H](OC(C)=O)[C@@H](N6CCOCC6)C[C@]5(C)[C@H]4CC[C@]3(C)[C@H]2OC(C)=O)CCCCC1.[Br-]. The molecule has 10 atom stereocenters. The summed E-state index contributed by atoms with van der Waals surface area (Å²) in [5, 5.41) is 0. The molecule has 2 aliphatic heterocycles. The molecule has 0 radical (unpaired) electrons. The van der Waals surface area contributed by atoms with E-state index in [1.807, 2.05) is 0 Å². The number of carbonyl (C=O) groups excluding carboxylic acids is 2. The van der Waals surface area contributed by atoms with Crippen molar-refractivity contribution in [2.75, 3.05) is 45.9 Å². The normalized spacial score (nSPS) is 45.0. The maximum atomic E-state index is 12.6. The van der Waals surface area contributed by atoms with Gasteiger partial charge in [-0.3, -0.25) is 14.5 Å². The lowest BCUT2D eigenvalue weighted by atomic mass is 9.44. The Labute approximate surface area is 265 Å². The maximum absolute atomic E-state index is 12.6. The van der Waals surface area contributed by atoms with E-state index in [9.17, 15) is 9.59 Å². The first kappa shape index (κ1) is 32.7. The lowest BCUT2D eigenvalue weighted by Gasteiger charge is -2.62. The molecule has 4 saturated carbocycles. The third kappa shape index (κ3) is 5.51.